The number of esters is 1. The van der Waals surface area contributed by atoms with Crippen molar-refractivity contribution in [1.82, 2.24) is 0 Å². The normalized spacial score (nSPS) is 12.7. The van der Waals surface area contributed by atoms with Crippen LogP contribution in [-0.4, -0.2) is 26.7 Å². The maximum Gasteiger partial charge on any atom is 0.324 e. The number of sulfone groups is 1. The van der Waals surface area contributed by atoms with E-state index >= 15 is 0 Å². The fourth-order valence-corrected chi connectivity index (χ4v) is 3.44. The molecule has 0 aromatic heterocycles. The summed E-state index contributed by atoms with van der Waals surface area (Å²) in [5.74, 6) is -0.715. The highest BCUT2D eigenvalue weighted by Crippen LogP contribution is 2.21. The topological polar surface area (TPSA) is 60.4 Å². The Hall–Kier alpha value is -1.62. The number of benzene rings is 1. The van der Waals surface area contributed by atoms with E-state index in [9.17, 15) is 13.2 Å². The van der Waals surface area contributed by atoms with Crippen LogP contribution in [0.4, 0.5) is 0 Å². The lowest BCUT2D eigenvalue weighted by atomic mass is 10.2. The van der Waals surface area contributed by atoms with Gasteiger partial charge in [0.05, 0.1) is 12.0 Å². The van der Waals surface area contributed by atoms with Gasteiger partial charge in [-0.05, 0) is 31.4 Å². The highest BCUT2D eigenvalue weighted by molar-refractivity contribution is 7.92. The van der Waals surface area contributed by atoms with E-state index in [2.05, 4.69) is 11.3 Å². The van der Waals surface area contributed by atoms with Crippen LogP contribution in [0.3, 0.4) is 0 Å². The first kappa shape index (κ1) is 15.4. The Labute approximate surface area is 114 Å². The van der Waals surface area contributed by atoms with Crippen molar-refractivity contribution >= 4 is 15.8 Å². The molecule has 0 fully saturated rings. The first-order valence-electron chi connectivity index (χ1n) is 6.01. The smallest absolute Gasteiger partial charge is 0.324 e. The highest BCUT2D eigenvalue weighted by Gasteiger charge is 2.34. The lowest BCUT2D eigenvalue weighted by Gasteiger charge is -2.15. The molecule has 0 amide bonds. The number of hydrogen-bond acceptors (Lipinski definition) is 4. The van der Waals surface area contributed by atoms with Gasteiger partial charge in [0.25, 0.3) is 0 Å². The van der Waals surface area contributed by atoms with E-state index in [1.165, 1.54) is 19.2 Å². The van der Waals surface area contributed by atoms with Gasteiger partial charge in [-0.2, -0.15) is 0 Å². The molecular formula is C14H18O4S. The molecule has 1 rings (SSSR count). The van der Waals surface area contributed by atoms with Crippen molar-refractivity contribution < 1.29 is 17.9 Å². The molecule has 0 radical (unpaired) electrons. The molecule has 0 aliphatic rings. The molecule has 0 bridgehead atoms. The number of carbonyl (C=O) groups excluding carboxylic acids is 1. The Morgan fingerprint density at radius 1 is 1.37 bits per heavy atom. The molecule has 1 unspecified atom stereocenters. The molecule has 1 aromatic carbocycles. The second-order valence-corrected chi connectivity index (χ2v) is 6.22. The second kappa shape index (κ2) is 7.09. The fourth-order valence-electron chi connectivity index (χ4n) is 1.75. The van der Waals surface area contributed by atoms with Gasteiger partial charge in [-0.1, -0.05) is 24.3 Å². The molecule has 19 heavy (non-hydrogen) atoms. The summed E-state index contributed by atoms with van der Waals surface area (Å²) in [7, 11) is -2.50. The molecule has 5 heteroatoms. The Bertz CT molecular complexity index is 520. The number of methoxy groups -OCH3 is 1. The SMILES string of the molecule is C=CCCCC(C(=O)OC)S(=O)(=O)c1ccccc1. The van der Waals surface area contributed by atoms with Crippen LogP contribution in [0.15, 0.2) is 47.9 Å². The number of carbonyl (C=O) groups is 1. The van der Waals surface area contributed by atoms with Gasteiger partial charge in [0, 0.05) is 0 Å². The quantitative estimate of drug-likeness (QED) is 0.437. The number of unbranched alkanes of at least 4 members (excludes halogenated alkanes) is 1. The van der Waals surface area contributed by atoms with Crippen LogP contribution >= 0.6 is 0 Å². The molecule has 0 aliphatic carbocycles. The van der Waals surface area contributed by atoms with Crippen molar-refractivity contribution in [2.24, 2.45) is 0 Å². The van der Waals surface area contributed by atoms with Crippen molar-refractivity contribution in [3.63, 3.8) is 0 Å². The third kappa shape index (κ3) is 3.92. The van der Waals surface area contributed by atoms with Crippen LogP contribution in [0.1, 0.15) is 19.3 Å². The predicted molar refractivity (Wildman–Crippen MR) is 73.5 cm³/mol. The van der Waals surface area contributed by atoms with Gasteiger partial charge >= 0.3 is 5.97 Å². The zero-order chi connectivity index (χ0) is 14.3. The zero-order valence-corrected chi connectivity index (χ0v) is 11.7. The van der Waals surface area contributed by atoms with E-state index in [1.807, 2.05) is 0 Å². The van der Waals surface area contributed by atoms with Gasteiger partial charge in [0.1, 0.15) is 0 Å². The van der Waals surface area contributed by atoms with Crippen molar-refractivity contribution in [3.8, 4) is 0 Å². The Balaban J connectivity index is 3.02. The zero-order valence-electron chi connectivity index (χ0n) is 10.9. The minimum atomic E-state index is -3.70. The average Bonchev–Trinajstić information content (AvgIpc) is 2.43. The number of hydrogen-bond donors (Lipinski definition) is 0. The number of rotatable bonds is 7. The summed E-state index contributed by atoms with van der Waals surface area (Å²) in [6, 6.07) is 7.96. The molecular weight excluding hydrogens is 264 g/mol. The van der Waals surface area contributed by atoms with Crippen LogP contribution in [0.25, 0.3) is 0 Å². The Kier molecular flexibility index (Phi) is 5.76. The number of allylic oxidation sites excluding steroid dienone is 1. The van der Waals surface area contributed by atoms with Crippen molar-refractivity contribution in [2.45, 2.75) is 29.4 Å². The van der Waals surface area contributed by atoms with Crippen molar-refractivity contribution in [2.75, 3.05) is 7.11 Å². The molecule has 0 saturated heterocycles. The Morgan fingerprint density at radius 2 is 2.00 bits per heavy atom. The van der Waals surface area contributed by atoms with Crippen LogP contribution < -0.4 is 0 Å². The van der Waals surface area contributed by atoms with Crippen LogP contribution in [-0.2, 0) is 19.4 Å². The standard InChI is InChI=1S/C14H18O4S/c1-3-4-6-11-13(14(15)18-2)19(16,17)12-9-7-5-8-10-12/h3,5,7-10,13H,1,4,6,11H2,2H3. The molecule has 0 heterocycles. The predicted octanol–water partition coefficient (Wildman–Crippen LogP) is 2.36. The minimum absolute atomic E-state index is 0.143. The first-order chi connectivity index (χ1) is 9.04. The van der Waals surface area contributed by atoms with Gasteiger partial charge < -0.3 is 4.74 Å². The molecule has 4 nitrogen and oxygen atoms in total. The second-order valence-electron chi connectivity index (χ2n) is 4.09. The first-order valence-corrected chi connectivity index (χ1v) is 7.56. The van der Waals surface area contributed by atoms with Crippen LogP contribution in [0, 0.1) is 0 Å². The molecule has 1 aromatic rings. The molecule has 104 valence electrons. The van der Waals surface area contributed by atoms with Gasteiger partial charge in [-0.15, -0.1) is 6.58 Å². The summed E-state index contributed by atoms with van der Waals surface area (Å²) >= 11 is 0. The fraction of sp³-hybridized carbons (Fsp3) is 0.357. The van der Waals surface area contributed by atoms with Gasteiger partial charge in [-0.25, -0.2) is 8.42 Å². The Morgan fingerprint density at radius 3 is 2.53 bits per heavy atom. The molecule has 1 atom stereocenters. The van der Waals surface area contributed by atoms with E-state index in [0.29, 0.717) is 12.8 Å². The van der Waals surface area contributed by atoms with E-state index in [0.717, 1.165) is 0 Å². The van der Waals surface area contributed by atoms with Gasteiger partial charge in [-0.3, -0.25) is 4.79 Å². The molecule has 0 saturated carbocycles. The maximum absolute atomic E-state index is 12.4. The van der Waals surface area contributed by atoms with E-state index in [1.54, 1.807) is 24.3 Å². The summed E-state index contributed by atoms with van der Waals surface area (Å²) in [6.45, 7) is 3.58. The highest BCUT2D eigenvalue weighted by atomic mass is 32.2. The lowest BCUT2D eigenvalue weighted by molar-refractivity contribution is -0.140. The summed E-state index contributed by atoms with van der Waals surface area (Å²) in [5, 5.41) is -1.15. The van der Waals surface area contributed by atoms with Gasteiger partial charge in [0.2, 0.25) is 0 Å². The third-order valence-electron chi connectivity index (χ3n) is 2.78. The summed E-state index contributed by atoms with van der Waals surface area (Å²) in [4.78, 5) is 11.8. The van der Waals surface area contributed by atoms with Crippen LogP contribution in [0.5, 0.6) is 0 Å². The third-order valence-corrected chi connectivity index (χ3v) is 4.89. The summed E-state index contributed by atoms with van der Waals surface area (Å²) in [6.07, 6.45) is 3.17. The molecule has 0 aliphatic heterocycles. The van der Waals surface area contributed by atoms with E-state index in [4.69, 9.17) is 0 Å². The number of ether oxygens (including phenoxy) is 1. The molecule has 0 N–H and O–H groups in total. The van der Waals surface area contributed by atoms with Crippen molar-refractivity contribution in [3.05, 3.63) is 43.0 Å². The van der Waals surface area contributed by atoms with Crippen molar-refractivity contribution in [1.29, 1.82) is 0 Å². The maximum atomic E-state index is 12.4. The minimum Gasteiger partial charge on any atom is -0.468 e. The van der Waals surface area contributed by atoms with E-state index < -0.39 is 21.1 Å². The monoisotopic (exact) mass is 282 g/mol. The summed E-state index contributed by atoms with van der Waals surface area (Å²) in [5.41, 5.74) is 0. The summed E-state index contributed by atoms with van der Waals surface area (Å²) < 4.78 is 29.4. The molecule has 0 spiro atoms. The largest absolute Gasteiger partial charge is 0.468 e. The van der Waals surface area contributed by atoms with E-state index in [-0.39, 0.29) is 11.3 Å². The lowest BCUT2D eigenvalue weighted by Crippen LogP contribution is -2.31. The van der Waals surface area contributed by atoms with Gasteiger partial charge in [0.15, 0.2) is 15.1 Å². The average molecular weight is 282 g/mol. The van der Waals surface area contributed by atoms with Crippen LogP contribution in [0.2, 0.25) is 0 Å².